The van der Waals surface area contributed by atoms with Gasteiger partial charge in [-0.3, -0.25) is 0 Å². The molecule has 14 aromatic rings. The molecule has 4 heterocycles. The molecule has 0 bridgehead atoms. The highest BCUT2D eigenvalue weighted by Gasteiger charge is 2.31. The predicted octanol–water partition coefficient (Wildman–Crippen LogP) is 27.7. The number of hydrogen-bond donors (Lipinski definition) is 0. The van der Waals surface area contributed by atoms with E-state index in [1.165, 1.54) is 122 Å². The Balaban J connectivity index is 0.000000136. The van der Waals surface area contributed by atoms with Gasteiger partial charge in [-0.15, -0.1) is 0 Å². The van der Waals surface area contributed by atoms with E-state index in [1.807, 2.05) is 30.3 Å². The van der Waals surface area contributed by atoms with Crippen LogP contribution in [0.1, 0.15) is 121 Å². The van der Waals surface area contributed by atoms with E-state index < -0.39 is 0 Å². The fraction of sp³-hybridized carbons (Fsp3) is 0.243. The lowest BCUT2D eigenvalue weighted by molar-refractivity contribution is -0.0760. The lowest BCUT2D eigenvalue weighted by Crippen LogP contribution is -2.44. The van der Waals surface area contributed by atoms with Gasteiger partial charge >= 0.3 is 0 Å². The summed E-state index contributed by atoms with van der Waals surface area (Å²) in [5, 5.41) is 0. The summed E-state index contributed by atoms with van der Waals surface area (Å²) in [7, 11) is 2.13. The lowest BCUT2D eigenvalue weighted by atomic mass is 9.92. The maximum atomic E-state index is 6.63. The molecule has 6 heteroatoms. The third kappa shape index (κ3) is 18.4. The molecule has 109 heavy (non-hydrogen) atoms. The Morgan fingerprint density at radius 1 is 0.312 bits per heavy atom. The van der Waals surface area contributed by atoms with E-state index in [-0.39, 0.29) is 12.2 Å². The van der Waals surface area contributed by atoms with Crippen LogP contribution in [0.2, 0.25) is 0 Å². The molecule has 554 valence electrons. The van der Waals surface area contributed by atoms with Crippen LogP contribution in [0.15, 0.2) is 268 Å². The third-order valence-corrected chi connectivity index (χ3v) is 21.4. The second kappa shape index (κ2) is 35.3. The predicted molar refractivity (Wildman–Crippen MR) is 458 cm³/mol. The van der Waals surface area contributed by atoms with Gasteiger partial charge in [0.05, 0.1) is 6.61 Å². The molecule has 0 radical (unpaired) electrons. The van der Waals surface area contributed by atoms with E-state index in [9.17, 15) is 0 Å². The van der Waals surface area contributed by atoms with Crippen molar-refractivity contribution >= 4 is 0 Å². The Morgan fingerprint density at radius 3 is 0.945 bits per heavy atom. The van der Waals surface area contributed by atoms with E-state index in [0.717, 1.165) is 118 Å². The van der Waals surface area contributed by atoms with Crippen molar-refractivity contribution in [1.29, 1.82) is 0 Å². The molecule has 0 amide bonds. The summed E-state index contributed by atoms with van der Waals surface area (Å²) in [4.78, 5) is 2.29. The van der Waals surface area contributed by atoms with Crippen molar-refractivity contribution in [2.75, 3.05) is 26.7 Å². The second-order valence-electron chi connectivity index (χ2n) is 29.9. The molecule has 1 saturated heterocycles. The van der Waals surface area contributed by atoms with Gasteiger partial charge in [-0.25, -0.2) is 0 Å². The van der Waals surface area contributed by atoms with Gasteiger partial charge < -0.3 is 27.6 Å². The minimum Gasteiger partial charge on any atom is -0.483 e. The van der Waals surface area contributed by atoms with Crippen LogP contribution in [-0.4, -0.2) is 37.7 Å². The fourth-order valence-corrected chi connectivity index (χ4v) is 14.3. The monoisotopic (exact) mass is 1440 g/mol. The first-order valence-electron chi connectivity index (χ1n) is 38.9. The van der Waals surface area contributed by atoms with Crippen LogP contribution in [0.25, 0.3) is 101 Å². The van der Waals surface area contributed by atoms with Crippen molar-refractivity contribution < 1.29 is 22.7 Å². The number of aryl methyl sites for hydroxylation is 13. The normalized spacial score (nSPS) is 13.0. The van der Waals surface area contributed by atoms with Crippen LogP contribution < -0.4 is 4.74 Å². The van der Waals surface area contributed by atoms with Crippen LogP contribution in [0, 0.1) is 90.0 Å². The summed E-state index contributed by atoms with van der Waals surface area (Å²) in [6.45, 7) is 37.0. The smallest absolute Gasteiger partial charge is 0.151 e. The molecular formula is C103H107NO5. The molecule has 2 atom stereocenters. The van der Waals surface area contributed by atoms with Crippen molar-refractivity contribution in [3.05, 3.63) is 349 Å². The molecule has 0 saturated carbocycles. The van der Waals surface area contributed by atoms with Gasteiger partial charge in [-0.1, -0.05) is 290 Å². The number of rotatable bonds is 16. The van der Waals surface area contributed by atoms with Gasteiger partial charge in [0.2, 0.25) is 0 Å². The van der Waals surface area contributed by atoms with Crippen molar-refractivity contribution in [3.63, 3.8) is 0 Å². The minimum absolute atomic E-state index is 0.0439. The first-order chi connectivity index (χ1) is 52.6. The highest BCUT2D eigenvalue weighted by Crippen LogP contribution is 2.48. The summed E-state index contributed by atoms with van der Waals surface area (Å²) >= 11 is 0. The van der Waals surface area contributed by atoms with Gasteiger partial charge in [0.1, 0.15) is 46.4 Å². The molecule has 11 aromatic carbocycles. The lowest BCUT2D eigenvalue weighted by Gasteiger charge is -2.35. The highest BCUT2D eigenvalue weighted by molar-refractivity contribution is 5.91. The average molecular weight is 1440 g/mol. The first kappa shape index (κ1) is 77.6. The summed E-state index contributed by atoms with van der Waals surface area (Å²) in [5.41, 5.74) is 35.6. The molecular weight excluding hydrogens is 1330 g/mol. The maximum Gasteiger partial charge on any atom is 0.151 e. The van der Waals surface area contributed by atoms with Gasteiger partial charge in [0, 0.05) is 79.9 Å². The Labute approximate surface area is 649 Å². The SMILES string of the molecule is CCc1c(-c2ccc(C)c(C)c2)oc(-c2ccc(C)cc2)c1-c1ccc(C)cc1.CCc1c(-c2ccc(C)cc2)oc(-c2ccc(C)c(C)c2)c1-c1ccc(C)cc1.CCc1c(-c2ccc(C)cc2)oc(-c2ccc(C)cc2)c1-c1ccc(C)c(C)c1.Cc1ccc(O[C@@H](c2ccccc2)C2CN(C)CCO2)cc1. The maximum absolute atomic E-state index is 6.63. The quantitative estimate of drug-likeness (QED) is 0.0961. The number of benzene rings is 11. The summed E-state index contributed by atoms with van der Waals surface area (Å²) in [5.74, 6) is 6.72. The van der Waals surface area contributed by atoms with E-state index in [2.05, 4.69) is 347 Å². The van der Waals surface area contributed by atoms with Crippen molar-refractivity contribution in [1.82, 2.24) is 4.90 Å². The van der Waals surface area contributed by atoms with Gasteiger partial charge in [0.15, 0.2) is 6.10 Å². The van der Waals surface area contributed by atoms with Crippen LogP contribution in [0.3, 0.4) is 0 Å². The minimum atomic E-state index is -0.0911. The molecule has 1 aliphatic heterocycles. The second-order valence-corrected chi connectivity index (χ2v) is 29.9. The van der Waals surface area contributed by atoms with E-state index in [4.69, 9.17) is 22.7 Å². The van der Waals surface area contributed by atoms with Crippen LogP contribution in [-0.2, 0) is 24.0 Å². The Kier molecular flexibility index (Phi) is 25.2. The van der Waals surface area contributed by atoms with Gasteiger partial charge in [-0.05, 0) is 196 Å². The summed E-state index contributed by atoms with van der Waals surface area (Å²) < 4.78 is 32.2. The number of hydrogen-bond acceptors (Lipinski definition) is 6. The number of morpholine rings is 1. The van der Waals surface area contributed by atoms with Gasteiger partial charge in [-0.2, -0.15) is 0 Å². The molecule has 15 rings (SSSR count). The van der Waals surface area contributed by atoms with Crippen molar-refractivity contribution in [3.8, 4) is 107 Å². The molecule has 0 aliphatic carbocycles. The van der Waals surface area contributed by atoms with E-state index in [0.29, 0.717) is 0 Å². The zero-order valence-corrected chi connectivity index (χ0v) is 67.1. The van der Waals surface area contributed by atoms with Gasteiger partial charge in [0.25, 0.3) is 0 Å². The van der Waals surface area contributed by atoms with Crippen LogP contribution in [0.4, 0.5) is 0 Å². The topological polar surface area (TPSA) is 61.1 Å². The van der Waals surface area contributed by atoms with Crippen LogP contribution >= 0.6 is 0 Å². The number of nitrogens with zero attached hydrogens (tertiary/aromatic N) is 1. The molecule has 0 N–H and O–H groups in total. The largest absolute Gasteiger partial charge is 0.483 e. The fourth-order valence-electron chi connectivity index (χ4n) is 14.3. The zero-order valence-electron chi connectivity index (χ0n) is 67.1. The summed E-state index contributed by atoms with van der Waals surface area (Å²) in [6, 6.07) is 90.5. The van der Waals surface area contributed by atoms with Crippen molar-refractivity contribution in [2.24, 2.45) is 0 Å². The first-order valence-corrected chi connectivity index (χ1v) is 38.9. The molecule has 3 aromatic heterocycles. The van der Waals surface area contributed by atoms with E-state index >= 15 is 0 Å². The number of ether oxygens (including phenoxy) is 2. The molecule has 1 fully saturated rings. The molecule has 1 unspecified atom stereocenters. The Hall–Kier alpha value is -11.0. The summed E-state index contributed by atoms with van der Waals surface area (Å²) in [6.07, 6.45) is 2.71. The third-order valence-electron chi connectivity index (χ3n) is 21.4. The van der Waals surface area contributed by atoms with E-state index in [1.54, 1.807) is 0 Å². The molecule has 1 aliphatic rings. The Bertz CT molecular complexity index is 5300. The van der Waals surface area contributed by atoms with Crippen LogP contribution in [0.5, 0.6) is 5.75 Å². The number of furan rings is 3. The Morgan fingerprint density at radius 2 is 0.596 bits per heavy atom. The highest BCUT2D eigenvalue weighted by atomic mass is 16.5. The van der Waals surface area contributed by atoms with Crippen molar-refractivity contribution in [2.45, 2.75) is 142 Å². The standard InChI is InChI=1S/3C28H28O.C19H23NO2/c1-6-25-26(24-16-11-20(4)21(5)17-24)28(23-14-9-19(3)10-15-23)29-27(25)22-12-7-18(2)8-13-22;1-6-25-26(22-12-7-18(2)8-13-22)28(23-14-9-19(3)10-15-23)29-27(25)24-16-11-20(4)21(5)17-24;1-6-25-26(22-12-7-18(2)8-13-22)28(24-16-11-20(4)21(5)17-24)29-27(25)23-14-9-19(3)10-15-23;1-15-8-10-17(11-9-15)22-19(16-6-4-3-5-7-16)18-14-20(2)12-13-21-18/h3*7-17H,6H2,1-5H3;3-11,18-19H,12-14H2,1-2H3/t;;;18?,19-/m...0/s1. The molecule has 6 nitrogen and oxygen atoms in total. The molecule has 0 spiro atoms. The zero-order chi connectivity index (χ0) is 77.0. The number of likely N-dealkylation sites (N-methyl/N-ethyl adjacent to an activating group) is 1. The average Bonchev–Trinajstić information content (AvgIpc) is 1.63.